The lowest BCUT2D eigenvalue weighted by Gasteiger charge is -2.42. The fourth-order valence-corrected chi connectivity index (χ4v) is 5.46. The number of hydrogen-bond donors (Lipinski definition) is 0. The Morgan fingerprint density at radius 3 is 2.71 bits per heavy atom. The number of hydrogen-bond acceptors (Lipinski definition) is 2. The summed E-state index contributed by atoms with van der Waals surface area (Å²) in [4.78, 5) is 12.4. The van der Waals surface area contributed by atoms with Crippen LogP contribution in [-0.4, -0.2) is 21.7 Å². The molecule has 0 N–H and O–H groups in total. The SMILES string of the molecule is O=C1O[C@@H]2C[C@H]3C[C@@H]([C@H]2Br)[C@H](Br)[C@@H]1C3. The highest BCUT2D eigenvalue weighted by atomic mass is 79.9. The van der Waals surface area contributed by atoms with Crippen LogP contribution in [0.25, 0.3) is 0 Å². The van der Waals surface area contributed by atoms with E-state index in [-0.39, 0.29) is 18.0 Å². The van der Waals surface area contributed by atoms with Crippen LogP contribution in [0.2, 0.25) is 0 Å². The molecule has 78 valence electrons. The number of carbonyl (C=O) groups is 1. The van der Waals surface area contributed by atoms with Crippen molar-refractivity contribution in [3.05, 3.63) is 0 Å². The predicted molar refractivity (Wildman–Crippen MR) is 59.6 cm³/mol. The lowest BCUT2D eigenvalue weighted by Crippen LogP contribution is -2.44. The maximum absolute atomic E-state index is 11.7. The molecule has 2 aliphatic carbocycles. The van der Waals surface area contributed by atoms with Gasteiger partial charge in [-0.1, -0.05) is 31.9 Å². The number of alkyl halides is 2. The Labute approximate surface area is 100 Å². The van der Waals surface area contributed by atoms with E-state index in [2.05, 4.69) is 31.9 Å². The summed E-state index contributed by atoms with van der Waals surface area (Å²) in [5, 5.41) is 0. The molecule has 4 bridgehead atoms. The standard InChI is InChI=1S/C10H12Br2O2/c11-8-5-1-4-2-6(8)10(13)14-7(3-4)9(5)12/h4-9H,1-3H2/t4-,5+,6-,7+,8-,9+/m0/s1. The molecular formula is C10H12Br2O2. The minimum atomic E-state index is 0.0195. The van der Waals surface area contributed by atoms with E-state index in [1.165, 1.54) is 6.42 Å². The molecule has 2 aliphatic heterocycles. The van der Waals surface area contributed by atoms with Crippen molar-refractivity contribution in [2.75, 3.05) is 0 Å². The Morgan fingerprint density at radius 2 is 1.93 bits per heavy atom. The number of ether oxygens (including phenoxy) is 1. The second-order valence-corrected chi connectivity index (χ2v) is 6.82. The fourth-order valence-electron chi connectivity index (χ4n) is 3.21. The zero-order valence-electron chi connectivity index (χ0n) is 7.66. The molecule has 4 heteroatoms. The largest absolute Gasteiger partial charge is 0.461 e. The van der Waals surface area contributed by atoms with Crippen molar-refractivity contribution < 1.29 is 9.53 Å². The van der Waals surface area contributed by atoms with Crippen LogP contribution in [0.1, 0.15) is 19.3 Å². The van der Waals surface area contributed by atoms with Gasteiger partial charge in [-0.25, -0.2) is 0 Å². The minimum absolute atomic E-state index is 0.0195. The summed E-state index contributed by atoms with van der Waals surface area (Å²) in [6, 6.07) is 0. The highest BCUT2D eigenvalue weighted by Gasteiger charge is 2.53. The summed E-state index contributed by atoms with van der Waals surface area (Å²) in [6.45, 7) is 0. The number of carbonyl (C=O) groups excluding carboxylic acids is 1. The van der Waals surface area contributed by atoms with Crippen LogP contribution in [0.5, 0.6) is 0 Å². The zero-order valence-corrected chi connectivity index (χ0v) is 10.8. The molecule has 0 aromatic carbocycles. The molecule has 6 atom stereocenters. The van der Waals surface area contributed by atoms with E-state index in [9.17, 15) is 4.79 Å². The van der Waals surface area contributed by atoms with Crippen molar-refractivity contribution in [2.24, 2.45) is 17.8 Å². The van der Waals surface area contributed by atoms with Crippen molar-refractivity contribution in [1.29, 1.82) is 0 Å². The van der Waals surface area contributed by atoms with Crippen molar-refractivity contribution in [1.82, 2.24) is 0 Å². The Balaban J connectivity index is 2.02. The monoisotopic (exact) mass is 322 g/mol. The van der Waals surface area contributed by atoms with Gasteiger partial charge in [0.05, 0.1) is 10.7 Å². The molecule has 0 spiro atoms. The maximum Gasteiger partial charge on any atom is 0.310 e. The van der Waals surface area contributed by atoms with Crippen LogP contribution in [-0.2, 0) is 9.53 Å². The first-order valence-corrected chi connectivity index (χ1v) is 6.98. The normalized spacial score (nSPS) is 55.7. The third kappa shape index (κ3) is 1.22. The first-order valence-electron chi connectivity index (χ1n) is 5.15. The summed E-state index contributed by atoms with van der Waals surface area (Å²) in [7, 11) is 0. The molecule has 2 saturated carbocycles. The van der Waals surface area contributed by atoms with Gasteiger partial charge in [-0.2, -0.15) is 0 Å². The molecule has 14 heavy (non-hydrogen) atoms. The smallest absolute Gasteiger partial charge is 0.310 e. The summed E-state index contributed by atoms with van der Waals surface area (Å²) in [5.74, 6) is 1.41. The van der Waals surface area contributed by atoms with Crippen LogP contribution in [0.3, 0.4) is 0 Å². The third-order valence-corrected chi connectivity index (χ3v) is 6.47. The van der Waals surface area contributed by atoms with Gasteiger partial charge in [0.2, 0.25) is 0 Å². The molecule has 0 aromatic heterocycles. The molecule has 4 fully saturated rings. The Bertz CT molecular complexity index is 281. The van der Waals surface area contributed by atoms with E-state index in [0.717, 1.165) is 12.8 Å². The fraction of sp³-hybridized carbons (Fsp3) is 0.900. The van der Waals surface area contributed by atoms with Gasteiger partial charge in [0, 0.05) is 4.83 Å². The van der Waals surface area contributed by atoms with E-state index >= 15 is 0 Å². The topological polar surface area (TPSA) is 26.3 Å². The number of esters is 1. The van der Waals surface area contributed by atoms with E-state index in [4.69, 9.17) is 4.74 Å². The van der Waals surface area contributed by atoms with Gasteiger partial charge in [-0.15, -0.1) is 0 Å². The predicted octanol–water partition coefficient (Wildman–Crippen LogP) is 2.48. The van der Waals surface area contributed by atoms with Crippen molar-refractivity contribution in [3.8, 4) is 0 Å². The molecule has 2 nitrogen and oxygen atoms in total. The van der Waals surface area contributed by atoms with E-state index < -0.39 is 0 Å². The Morgan fingerprint density at radius 1 is 1.14 bits per heavy atom. The zero-order chi connectivity index (χ0) is 9.87. The van der Waals surface area contributed by atoms with Gasteiger partial charge < -0.3 is 4.74 Å². The van der Waals surface area contributed by atoms with E-state index in [1.807, 2.05) is 0 Å². The Kier molecular flexibility index (Phi) is 2.21. The first-order chi connectivity index (χ1) is 6.66. The van der Waals surface area contributed by atoms with E-state index in [0.29, 0.717) is 21.5 Å². The molecule has 2 saturated heterocycles. The van der Waals surface area contributed by atoms with Gasteiger partial charge in [-0.05, 0) is 31.1 Å². The summed E-state index contributed by atoms with van der Waals surface area (Å²) >= 11 is 7.37. The third-order valence-electron chi connectivity index (χ3n) is 3.89. The van der Waals surface area contributed by atoms with Gasteiger partial charge in [0.1, 0.15) is 6.10 Å². The van der Waals surface area contributed by atoms with Crippen molar-refractivity contribution in [3.63, 3.8) is 0 Å². The lowest BCUT2D eigenvalue weighted by atomic mass is 9.68. The molecule has 4 aliphatic rings. The first kappa shape index (κ1) is 9.64. The molecule has 0 aromatic rings. The minimum Gasteiger partial charge on any atom is -0.461 e. The van der Waals surface area contributed by atoms with Crippen LogP contribution in [0.4, 0.5) is 0 Å². The van der Waals surface area contributed by atoms with Crippen LogP contribution in [0.15, 0.2) is 0 Å². The summed E-state index contributed by atoms with van der Waals surface area (Å²) in [6.07, 6.45) is 3.46. The summed E-state index contributed by atoms with van der Waals surface area (Å²) < 4.78 is 5.50. The van der Waals surface area contributed by atoms with Crippen LogP contribution >= 0.6 is 31.9 Å². The molecule has 2 heterocycles. The second-order valence-electron chi connectivity index (χ2n) is 4.71. The quantitative estimate of drug-likeness (QED) is 0.506. The molecule has 0 radical (unpaired) electrons. The number of rotatable bonds is 0. The molecule has 4 rings (SSSR count). The maximum atomic E-state index is 11.7. The van der Waals surface area contributed by atoms with Crippen LogP contribution in [0, 0.1) is 17.8 Å². The average Bonchev–Trinajstić information content (AvgIpc) is 2.31. The number of halogens is 2. The van der Waals surface area contributed by atoms with Gasteiger partial charge >= 0.3 is 5.97 Å². The van der Waals surface area contributed by atoms with Gasteiger partial charge in [-0.3, -0.25) is 4.79 Å². The van der Waals surface area contributed by atoms with Crippen LogP contribution < -0.4 is 0 Å². The molecular weight excluding hydrogens is 312 g/mol. The molecule has 0 unspecified atom stereocenters. The Hall–Kier alpha value is 0.430. The lowest BCUT2D eigenvalue weighted by molar-refractivity contribution is -0.150. The van der Waals surface area contributed by atoms with Crippen molar-refractivity contribution in [2.45, 2.75) is 35.0 Å². The average molecular weight is 324 g/mol. The van der Waals surface area contributed by atoms with Gasteiger partial charge in [0.25, 0.3) is 0 Å². The highest BCUT2D eigenvalue weighted by molar-refractivity contribution is 9.10. The second kappa shape index (κ2) is 3.21. The van der Waals surface area contributed by atoms with E-state index in [1.54, 1.807) is 0 Å². The summed E-state index contributed by atoms with van der Waals surface area (Å²) in [5.41, 5.74) is 0. The molecule has 0 amide bonds. The number of fused-ring (bicyclic) bond motifs is 1. The van der Waals surface area contributed by atoms with Crippen molar-refractivity contribution >= 4 is 37.8 Å². The van der Waals surface area contributed by atoms with Gasteiger partial charge in [0.15, 0.2) is 0 Å². The highest BCUT2D eigenvalue weighted by Crippen LogP contribution is 2.51.